The molecular weight excluding hydrogens is 464 g/mol. The number of methoxy groups -OCH3 is 1. The topological polar surface area (TPSA) is 119 Å². The zero-order valence-corrected chi connectivity index (χ0v) is 21.5. The fourth-order valence-electron chi connectivity index (χ4n) is 5.09. The number of pyridine rings is 1. The number of hydrogen-bond acceptors (Lipinski definition) is 8. The number of nitrogens with zero attached hydrogens (tertiary/aromatic N) is 2. The van der Waals surface area contributed by atoms with Crippen LogP contribution in [0.1, 0.15) is 57.2 Å². The fourth-order valence-corrected chi connectivity index (χ4v) is 5.09. The van der Waals surface area contributed by atoms with Gasteiger partial charge in [-0.25, -0.2) is 14.6 Å². The monoisotopic (exact) mass is 502 g/mol. The summed E-state index contributed by atoms with van der Waals surface area (Å²) in [6.45, 7) is 5.24. The van der Waals surface area contributed by atoms with Gasteiger partial charge < -0.3 is 29.7 Å². The third-order valence-corrected chi connectivity index (χ3v) is 7.33. The Kier molecular flexibility index (Phi) is 8.33. The summed E-state index contributed by atoms with van der Waals surface area (Å²) in [6, 6.07) is 3.49. The van der Waals surface area contributed by atoms with Crippen molar-refractivity contribution in [3.63, 3.8) is 0 Å². The number of hydrogen-bond donors (Lipinski definition) is 2. The number of aryl methyl sites for hydroxylation is 2. The number of carbonyl (C=O) groups excluding carboxylic acids is 3. The zero-order chi connectivity index (χ0) is 25.7. The van der Waals surface area contributed by atoms with Gasteiger partial charge in [-0.05, 0) is 63.0 Å². The van der Waals surface area contributed by atoms with Gasteiger partial charge in [-0.2, -0.15) is 0 Å². The number of aromatic nitrogens is 1. The lowest BCUT2D eigenvalue weighted by Crippen LogP contribution is -2.64. The lowest BCUT2D eigenvalue weighted by atomic mass is 9.79. The molecule has 2 N–H and O–H groups in total. The van der Waals surface area contributed by atoms with Crippen molar-refractivity contribution in [2.24, 2.45) is 5.92 Å². The molecule has 1 atom stereocenters. The molecule has 0 spiro atoms. The molecule has 0 radical (unpaired) electrons. The van der Waals surface area contributed by atoms with Crippen molar-refractivity contribution in [2.45, 2.75) is 76.5 Å². The highest BCUT2D eigenvalue weighted by Crippen LogP contribution is 2.34. The van der Waals surface area contributed by atoms with Gasteiger partial charge in [0.25, 0.3) is 0 Å². The van der Waals surface area contributed by atoms with Gasteiger partial charge in [0.05, 0.1) is 26.3 Å². The van der Waals surface area contributed by atoms with Crippen molar-refractivity contribution in [1.29, 1.82) is 0 Å². The normalized spacial score (nSPS) is 22.7. The summed E-state index contributed by atoms with van der Waals surface area (Å²) in [4.78, 5) is 42.2. The average Bonchev–Trinajstić information content (AvgIpc) is 2.81. The summed E-state index contributed by atoms with van der Waals surface area (Å²) in [5, 5.41) is 5.98. The smallest absolute Gasteiger partial charge is 0.408 e. The van der Waals surface area contributed by atoms with E-state index in [1.807, 2.05) is 0 Å². The number of carbonyl (C=O) groups is 3. The van der Waals surface area contributed by atoms with Crippen molar-refractivity contribution in [1.82, 2.24) is 15.2 Å². The Hall–Kier alpha value is -2.88. The van der Waals surface area contributed by atoms with Crippen LogP contribution in [-0.4, -0.2) is 79.0 Å². The largest absolute Gasteiger partial charge is 0.467 e. The van der Waals surface area contributed by atoms with Crippen LogP contribution in [0.15, 0.2) is 12.1 Å². The van der Waals surface area contributed by atoms with Crippen LogP contribution in [0, 0.1) is 5.92 Å². The second-order valence-corrected chi connectivity index (χ2v) is 10.4. The first-order valence-corrected chi connectivity index (χ1v) is 12.9. The molecule has 2 aliphatic heterocycles. The minimum atomic E-state index is -0.852. The average molecular weight is 503 g/mol. The highest BCUT2D eigenvalue weighted by atomic mass is 16.6. The first-order chi connectivity index (χ1) is 17.2. The van der Waals surface area contributed by atoms with Gasteiger partial charge >= 0.3 is 12.1 Å². The van der Waals surface area contributed by atoms with Gasteiger partial charge in [0.2, 0.25) is 5.91 Å². The third-order valence-electron chi connectivity index (χ3n) is 7.33. The second kappa shape index (κ2) is 11.5. The van der Waals surface area contributed by atoms with Crippen molar-refractivity contribution >= 4 is 23.8 Å². The zero-order valence-electron chi connectivity index (χ0n) is 21.5. The molecule has 1 aromatic heterocycles. The van der Waals surface area contributed by atoms with Crippen LogP contribution in [0.4, 0.5) is 10.6 Å². The van der Waals surface area contributed by atoms with Crippen LogP contribution in [0.25, 0.3) is 0 Å². The summed E-state index contributed by atoms with van der Waals surface area (Å²) < 4.78 is 16.2. The van der Waals surface area contributed by atoms with Gasteiger partial charge in [-0.1, -0.05) is 6.07 Å². The van der Waals surface area contributed by atoms with Crippen molar-refractivity contribution < 1.29 is 28.6 Å². The molecule has 0 bridgehead atoms. The Morgan fingerprint density at radius 1 is 1.28 bits per heavy atom. The molecular formula is C26H38N4O6. The number of ether oxygens (including phenoxy) is 3. The fraction of sp³-hybridized carbons (Fsp3) is 0.692. The minimum absolute atomic E-state index is 0.0631. The van der Waals surface area contributed by atoms with E-state index >= 15 is 0 Å². The molecule has 0 aromatic carbocycles. The van der Waals surface area contributed by atoms with Gasteiger partial charge in [0.15, 0.2) is 0 Å². The molecule has 1 aromatic rings. The number of alkyl carbamates (subject to hydrolysis) is 1. The van der Waals surface area contributed by atoms with Crippen molar-refractivity contribution in [3.8, 4) is 0 Å². The molecule has 198 valence electrons. The highest BCUT2D eigenvalue weighted by molar-refractivity contribution is 5.81. The van der Waals surface area contributed by atoms with Gasteiger partial charge in [0, 0.05) is 32.2 Å². The van der Waals surface area contributed by atoms with E-state index in [1.165, 1.54) is 26.0 Å². The van der Waals surface area contributed by atoms with Gasteiger partial charge in [0.1, 0.15) is 17.5 Å². The van der Waals surface area contributed by atoms with E-state index in [-0.39, 0.29) is 12.0 Å². The molecule has 10 nitrogen and oxygen atoms in total. The van der Waals surface area contributed by atoms with Gasteiger partial charge in [-0.15, -0.1) is 0 Å². The number of nitrogens with one attached hydrogen (secondary N) is 2. The molecule has 2 fully saturated rings. The molecule has 3 heterocycles. The summed E-state index contributed by atoms with van der Waals surface area (Å²) >= 11 is 0. The first-order valence-electron chi connectivity index (χ1n) is 12.9. The SMILES string of the molecule is COC(=O)C(CCO[C@H]1C[C@H](CCc2ccc3c(n2)NCCC3)C1)NC(=O)OC1(C)CN(C(C)=O)C1. The quantitative estimate of drug-likeness (QED) is 0.469. The van der Waals surface area contributed by atoms with Crippen LogP contribution in [0.3, 0.4) is 0 Å². The molecule has 2 amide bonds. The Morgan fingerprint density at radius 3 is 2.78 bits per heavy atom. The Bertz CT molecular complexity index is 958. The van der Waals surface area contributed by atoms with E-state index in [4.69, 9.17) is 19.2 Å². The number of amides is 2. The van der Waals surface area contributed by atoms with Crippen LogP contribution in [-0.2, 0) is 36.6 Å². The maximum Gasteiger partial charge on any atom is 0.408 e. The molecule has 1 aliphatic carbocycles. The maximum absolute atomic E-state index is 12.3. The van der Waals surface area contributed by atoms with E-state index in [0.29, 0.717) is 32.0 Å². The molecule has 1 saturated heterocycles. The summed E-state index contributed by atoms with van der Waals surface area (Å²) in [7, 11) is 1.28. The number of esters is 1. The minimum Gasteiger partial charge on any atom is -0.467 e. The molecule has 3 aliphatic rings. The molecule has 10 heteroatoms. The summed E-state index contributed by atoms with van der Waals surface area (Å²) in [5.74, 6) is 1.05. The second-order valence-electron chi connectivity index (χ2n) is 10.4. The lowest BCUT2D eigenvalue weighted by molar-refractivity contribution is -0.151. The van der Waals surface area contributed by atoms with E-state index in [9.17, 15) is 14.4 Å². The number of anilines is 1. The molecule has 1 unspecified atom stereocenters. The Morgan fingerprint density at radius 2 is 2.06 bits per heavy atom. The lowest BCUT2D eigenvalue weighted by Gasteiger charge is -2.46. The molecule has 36 heavy (non-hydrogen) atoms. The van der Waals surface area contributed by atoms with Crippen molar-refractivity contribution in [3.05, 3.63) is 23.4 Å². The number of rotatable bonds is 10. The molecule has 1 saturated carbocycles. The molecule has 4 rings (SSSR count). The summed E-state index contributed by atoms with van der Waals surface area (Å²) in [5.41, 5.74) is 1.70. The maximum atomic E-state index is 12.3. The predicted molar refractivity (Wildman–Crippen MR) is 133 cm³/mol. The van der Waals surface area contributed by atoms with Crippen LogP contribution >= 0.6 is 0 Å². The van der Waals surface area contributed by atoms with Gasteiger partial charge in [-0.3, -0.25) is 4.79 Å². The Balaban J connectivity index is 1.13. The third kappa shape index (κ3) is 6.66. The van der Waals surface area contributed by atoms with E-state index < -0.39 is 23.7 Å². The number of likely N-dealkylation sites (tertiary alicyclic amines) is 1. The van der Waals surface area contributed by atoms with E-state index in [2.05, 4.69) is 22.8 Å². The van der Waals surface area contributed by atoms with E-state index in [0.717, 1.165) is 50.2 Å². The Labute approximate surface area is 212 Å². The first kappa shape index (κ1) is 26.2. The van der Waals surface area contributed by atoms with Crippen LogP contribution < -0.4 is 10.6 Å². The standard InChI is InChI=1S/C26H38N4O6/c1-17(31)30-15-26(2,16-30)36-25(33)29-22(24(32)34-3)10-12-35-21-13-18(14-21)6-8-20-9-7-19-5-4-11-27-23(19)28-20/h7,9,18,21-22H,4-6,8,10-16H2,1-3H3,(H,27,28)(H,29,33)/t18-,21-,22?. The highest BCUT2D eigenvalue weighted by Gasteiger charge is 2.44. The van der Waals surface area contributed by atoms with Crippen LogP contribution in [0.2, 0.25) is 0 Å². The van der Waals surface area contributed by atoms with Crippen LogP contribution in [0.5, 0.6) is 0 Å². The number of fused-ring (bicyclic) bond motifs is 1. The van der Waals surface area contributed by atoms with Crippen molar-refractivity contribution in [2.75, 3.05) is 38.7 Å². The van der Waals surface area contributed by atoms with E-state index in [1.54, 1.807) is 11.8 Å². The predicted octanol–water partition coefficient (Wildman–Crippen LogP) is 2.45. The summed E-state index contributed by atoms with van der Waals surface area (Å²) in [6.07, 6.45) is 6.07.